The predicted molar refractivity (Wildman–Crippen MR) is 114 cm³/mol. The van der Waals surface area contributed by atoms with E-state index < -0.39 is 0 Å². The van der Waals surface area contributed by atoms with Crippen LogP contribution >= 0.6 is 11.3 Å². The fourth-order valence-electron chi connectivity index (χ4n) is 2.37. The summed E-state index contributed by atoms with van der Waals surface area (Å²) in [6.07, 6.45) is 4.66. The summed E-state index contributed by atoms with van der Waals surface area (Å²) in [7, 11) is 0. The van der Waals surface area contributed by atoms with Gasteiger partial charge in [0.05, 0.1) is 11.9 Å². The number of H-pyrrole nitrogens is 1. The molecule has 0 aliphatic carbocycles. The van der Waals surface area contributed by atoms with Crippen molar-refractivity contribution in [1.82, 2.24) is 9.97 Å². The summed E-state index contributed by atoms with van der Waals surface area (Å²) in [6.45, 7) is 12.1. The first-order chi connectivity index (χ1) is 12.7. The third-order valence-corrected chi connectivity index (χ3v) is 4.59. The minimum absolute atomic E-state index is 0.351. The Morgan fingerprint density at radius 2 is 1.92 bits per heavy atom. The van der Waals surface area contributed by atoms with Crippen LogP contribution in [0.1, 0.15) is 58.0 Å². The maximum atomic E-state index is 11.8. The molecule has 0 unspecified atom stereocenters. The number of anilines is 2. The molecule has 7 heteroatoms. The van der Waals surface area contributed by atoms with Gasteiger partial charge in [-0.1, -0.05) is 34.6 Å². The Balaban J connectivity index is 0.00000163. The smallest absolute Gasteiger partial charge is 0.347 e. The summed E-state index contributed by atoms with van der Waals surface area (Å²) < 4.78 is 0. The Bertz CT molecular complexity index is 717. The molecule has 0 bridgehead atoms. The first kappa shape index (κ1) is 21.9. The lowest BCUT2D eigenvalue weighted by atomic mass is 10.3. The quantitative estimate of drug-likeness (QED) is 0.499. The fraction of sp³-hybridized carbons (Fsp3) is 0.526. The zero-order chi connectivity index (χ0) is 19.4. The van der Waals surface area contributed by atoms with Crippen LogP contribution in [0.4, 0.5) is 10.8 Å². The second-order valence-electron chi connectivity index (χ2n) is 5.48. The summed E-state index contributed by atoms with van der Waals surface area (Å²) in [4.78, 5) is 22.1. The minimum atomic E-state index is -0.351. The van der Waals surface area contributed by atoms with Gasteiger partial charge in [0.25, 0.3) is 0 Å². The zero-order valence-electron chi connectivity index (χ0n) is 16.5. The molecule has 26 heavy (non-hydrogen) atoms. The van der Waals surface area contributed by atoms with E-state index in [0.29, 0.717) is 11.5 Å². The number of rotatable bonds is 9. The van der Waals surface area contributed by atoms with Crippen LogP contribution in [0, 0.1) is 0 Å². The van der Waals surface area contributed by atoms with Crippen molar-refractivity contribution >= 4 is 28.4 Å². The molecule has 2 rings (SSSR count). The van der Waals surface area contributed by atoms with E-state index in [1.165, 1.54) is 4.88 Å². The number of hydrogen-bond acceptors (Lipinski definition) is 6. The van der Waals surface area contributed by atoms with E-state index in [1.54, 1.807) is 17.6 Å². The fourth-order valence-corrected chi connectivity index (χ4v) is 3.17. The van der Waals surface area contributed by atoms with E-state index in [4.69, 9.17) is 0 Å². The second kappa shape index (κ2) is 12.2. The van der Waals surface area contributed by atoms with Crippen molar-refractivity contribution in [1.29, 1.82) is 0 Å². The van der Waals surface area contributed by atoms with Crippen molar-refractivity contribution in [2.45, 2.75) is 53.9 Å². The monoisotopic (exact) mass is 377 g/mol. The summed E-state index contributed by atoms with van der Waals surface area (Å²) in [5.74, 6) is 0.702. The minimum Gasteiger partial charge on any atom is -0.356 e. The van der Waals surface area contributed by atoms with Crippen molar-refractivity contribution < 1.29 is 0 Å². The highest BCUT2D eigenvalue weighted by molar-refractivity contribution is 7.16. The molecule has 0 aromatic carbocycles. The lowest BCUT2D eigenvalue weighted by Gasteiger charge is -2.22. The molecule has 144 valence electrons. The highest BCUT2D eigenvalue weighted by Crippen LogP contribution is 2.21. The molecule has 0 amide bonds. The van der Waals surface area contributed by atoms with Crippen LogP contribution in [0.25, 0.3) is 0 Å². The summed E-state index contributed by atoms with van der Waals surface area (Å²) in [6, 6.07) is 5.96. The summed E-state index contributed by atoms with van der Waals surface area (Å²) in [5, 5.41) is 5.20. The van der Waals surface area contributed by atoms with Crippen LogP contribution in [0.15, 0.2) is 28.1 Å². The van der Waals surface area contributed by atoms with Crippen LogP contribution < -0.4 is 16.0 Å². The molecule has 2 aromatic rings. The zero-order valence-corrected chi connectivity index (χ0v) is 17.3. The van der Waals surface area contributed by atoms with Gasteiger partial charge in [0.1, 0.15) is 10.8 Å². The van der Waals surface area contributed by atoms with Gasteiger partial charge in [-0.25, -0.2) is 4.79 Å². The average molecular weight is 378 g/mol. The number of thiophene rings is 1. The number of hydrogen-bond donors (Lipinski definition) is 2. The molecular formula is C19H31N5OS. The van der Waals surface area contributed by atoms with Crippen molar-refractivity contribution in [3.8, 4) is 0 Å². The van der Waals surface area contributed by atoms with Crippen molar-refractivity contribution in [3.63, 3.8) is 0 Å². The number of aromatic amines is 1. The van der Waals surface area contributed by atoms with Gasteiger partial charge in [-0.15, -0.1) is 11.3 Å². The molecule has 0 radical (unpaired) electrons. The number of nitrogens with zero attached hydrogens (tertiary/aromatic N) is 3. The Kier molecular flexibility index (Phi) is 10.3. The molecule has 0 fully saturated rings. The third kappa shape index (κ3) is 7.00. The van der Waals surface area contributed by atoms with E-state index >= 15 is 0 Å². The molecule has 0 saturated heterocycles. The van der Waals surface area contributed by atoms with E-state index in [0.717, 1.165) is 37.4 Å². The van der Waals surface area contributed by atoms with Gasteiger partial charge >= 0.3 is 5.69 Å². The Labute approximate surface area is 160 Å². The van der Waals surface area contributed by atoms with Gasteiger partial charge in [0.2, 0.25) is 0 Å². The number of aryl methyl sites for hydroxylation is 1. The van der Waals surface area contributed by atoms with Gasteiger partial charge < -0.3 is 9.88 Å². The van der Waals surface area contributed by atoms with Gasteiger partial charge in [-0.05, 0) is 31.4 Å². The van der Waals surface area contributed by atoms with Crippen LogP contribution in [-0.2, 0) is 6.42 Å². The van der Waals surface area contributed by atoms with E-state index in [9.17, 15) is 4.79 Å². The second-order valence-corrected chi connectivity index (χ2v) is 6.64. The maximum absolute atomic E-state index is 11.8. The van der Waals surface area contributed by atoms with Crippen LogP contribution in [0.3, 0.4) is 0 Å². The molecule has 2 aromatic heterocycles. The number of aromatic nitrogens is 2. The van der Waals surface area contributed by atoms with Gasteiger partial charge in [0.15, 0.2) is 0 Å². The van der Waals surface area contributed by atoms with E-state index in [-0.39, 0.29) is 5.69 Å². The average Bonchev–Trinajstić information content (AvgIpc) is 3.11. The van der Waals surface area contributed by atoms with Crippen molar-refractivity contribution in [3.05, 3.63) is 39.3 Å². The lowest BCUT2D eigenvalue weighted by Crippen LogP contribution is -2.28. The molecule has 0 aliphatic rings. The first-order valence-corrected chi connectivity index (χ1v) is 10.2. The molecule has 0 atom stereocenters. The lowest BCUT2D eigenvalue weighted by molar-refractivity contribution is 0.730. The SMILES string of the molecule is CC.CCCN(CCC)c1cc(/C=N/Nc2ccc(CC)s2)[nH]c(=O)n1. The Morgan fingerprint density at radius 3 is 2.50 bits per heavy atom. The highest BCUT2D eigenvalue weighted by atomic mass is 32.1. The molecule has 6 nitrogen and oxygen atoms in total. The highest BCUT2D eigenvalue weighted by Gasteiger charge is 2.08. The molecule has 0 aliphatic heterocycles. The Hall–Kier alpha value is -2.15. The van der Waals surface area contributed by atoms with E-state index in [1.807, 2.05) is 26.0 Å². The molecule has 0 saturated carbocycles. The van der Waals surface area contributed by atoms with Crippen molar-refractivity contribution in [2.24, 2.45) is 5.10 Å². The van der Waals surface area contributed by atoms with Gasteiger partial charge in [-0.3, -0.25) is 5.43 Å². The normalized spacial score (nSPS) is 10.5. The first-order valence-electron chi connectivity index (χ1n) is 9.40. The maximum Gasteiger partial charge on any atom is 0.347 e. The van der Waals surface area contributed by atoms with Crippen molar-refractivity contribution in [2.75, 3.05) is 23.4 Å². The van der Waals surface area contributed by atoms with Crippen LogP contribution in [0.2, 0.25) is 0 Å². The third-order valence-electron chi connectivity index (χ3n) is 3.45. The summed E-state index contributed by atoms with van der Waals surface area (Å²) >= 11 is 1.68. The Morgan fingerprint density at radius 1 is 1.23 bits per heavy atom. The van der Waals surface area contributed by atoms with Gasteiger partial charge in [0, 0.05) is 24.0 Å². The number of hydrazone groups is 1. The van der Waals surface area contributed by atoms with E-state index in [2.05, 4.69) is 52.2 Å². The number of nitrogens with one attached hydrogen (secondary N) is 2. The topological polar surface area (TPSA) is 73.4 Å². The largest absolute Gasteiger partial charge is 0.356 e. The predicted octanol–water partition coefficient (Wildman–Crippen LogP) is 4.49. The van der Waals surface area contributed by atoms with Crippen LogP contribution in [-0.4, -0.2) is 29.3 Å². The summed E-state index contributed by atoms with van der Waals surface area (Å²) in [5.41, 5.74) is 3.29. The standard InChI is InChI=1S/C17H25N5OS.C2H6/c1-4-9-22(10-5-2)15-11-13(19-17(23)20-15)12-18-21-16-8-7-14(6-3)24-16;1-2/h7-8,11-12,21H,4-6,9-10H2,1-3H3,(H,19,20,23);1-2H3/b18-12+;. The van der Waals surface area contributed by atoms with Crippen LogP contribution in [0.5, 0.6) is 0 Å². The molecule has 2 heterocycles. The molecule has 2 N–H and O–H groups in total. The molecular weight excluding hydrogens is 346 g/mol. The van der Waals surface area contributed by atoms with Gasteiger partial charge in [-0.2, -0.15) is 10.1 Å². The molecule has 0 spiro atoms.